The van der Waals surface area contributed by atoms with Gasteiger partial charge in [0.05, 0.1) is 0 Å². The first-order valence-corrected chi connectivity index (χ1v) is 10.7. The highest BCUT2D eigenvalue weighted by molar-refractivity contribution is 7.90. The lowest BCUT2D eigenvalue weighted by Crippen LogP contribution is -2.52. The van der Waals surface area contributed by atoms with E-state index >= 15 is 0 Å². The zero-order chi connectivity index (χ0) is 17.8. The Balaban J connectivity index is 1.55. The summed E-state index contributed by atoms with van der Waals surface area (Å²) in [6.07, 6.45) is 7.80. The van der Waals surface area contributed by atoms with Crippen molar-refractivity contribution in [3.05, 3.63) is 35.1 Å². The molecule has 4 rings (SSSR count). The SMILES string of the molecule is CC(C)(CC1CC2(CCN1C1CC1)Cc1ccc(F)cc1C2)[S@+](N)[O-]. The van der Waals surface area contributed by atoms with Crippen LogP contribution in [0.3, 0.4) is 0 Å². The summed E-state index contributed by atoms with van der Waals surface area (Å²) in [7, 11) is 0. The molecular weight excluding hydrogens is 335 g/mol. The molecule has 1 aromatic carbocycles. The number of rotatable bonds is 4. The zero-order valence-electron chi connectivity index (χ0n) is 15.3. The number of fused-ring (bicyclic) bond motifs is 1. The average molecular weight is 365 g/mol. The monoisotopic (exact) mass is 364 g/mol. The van der Waals surface area contributed by atoms with Gasteiger partial charge in [0.1, 0.15) is 10.6 Å². The Hall–Kier alpha value is -0.620. The lowest BCUT2D eigenvalue weighted by atomic mass is 9.71. The quantitative estimate of drug-likeness (QED) is 0.834. The Morgan fingerprint density at radius 1 is 1.32 bits per heavy atom. The van der Waals surface area contributed by atoms with Crippen LogP contribution in [0.4, 0.5) is 4.39 Å². The number of likely N-dealkylation sites (tertiary alicyclic amines) is 1. The summed E-state index contributed by atoms with van der Waals surface area (Å²) in [5.41, 5.74) is 2.76. The minimum atomic E-state index is -1.32. The molecule has 3 nitrogen and oxygen atoms in total. The van der Waals surface area contributed by atoms with Gasteiger partial charge in [-0.3, -0.25) is 4.90 Å². The Kier molecular flexibility index (Phi) is 4.42. The summed E-state index contributed by atoms with van der Waals surface area (Å²) in [5, 5.41) is 5.77. The third kappa shape index (κ3) is 3.48. The fraction of sp³-hybridized carbons (Fsp3) is 0.700. The fourth-order valence-corrected chi connectivity index (χ4v) is 5.47. The molecule has 2 unspecified atom stereocenters. The van der Waals surface area contributed by atoms with Gasteiger partial charge in [0.2, 0.25) is 0 Å². The summed E-state index contributed by atoms with van der Waals surface area (Å²) in [6.45, 7) is 5.15. The first kappa shape index (κ1) is 17.8. The molecule has 1 saturated carbocycles. The minimum absolute atomic E-state index is 0.123. The van der Waals surface area contributed by atoms with E-state index in [1.54, 1.807) is 12.1 Å². The van der Waals surface area contributed by atoms with Gasteiger partial charge < -0.3 is 4.55 Å². The highest BCUT2D eigenvalue weighted by Crippen LogP contribution is 2.49. The third-order valence-corrected chi connectivity index (χ3v) is 7.88. The van der Waals surface area contributed by atoms with Crippen molar-refractivity contribution < 1.29 is 8.94 Å². The molecule has 1 aromatic rings. The first-order valence-electron chi connectivity index (χ1n) is 9.47. The molecule has 5 heteroatoms. The number of hydrogen-bond acceptors (Lipinski definition) is 3. The summed E-state index contributed by atoms with van der Waals surface area (Å²) in [5.74, 6) is -0.123. The Bertz CT molecular complexity index is 661. The van der Waals surface area contributed by atoms with Crippen LogP contribution in [-0.2, 0) is 24.2 Å². The summed E-state index contributed by atoms with van der Waals surface area (Å²) in [4.78, 5) is 2.66. The molecule has 2 N–H and O–H groups in total. The van der Waals surface area contributed by atoms with Crippen LogP contribution in [0, 0.1) is 11.2 Å². The molecular formula is C20H29FN2OS. The standard InChI is InChI=1S/C20H29FN2OS/c1-19(2,25(22)24)12-18-13-20(7-8-23(18)17-5-6-17)10-14-3-4-16(21)9-15(14)11-20/h3-4,9,17-18H,5-8,10-13,22H2,1-2H3/t18?,20?,25-/m1/s1. The van der Waals surface area contributed by atoms with Gasteiger partial charge in [-0.2, -0.15) is 5.14 Å². The molecule has 0 radical (unpaired) electrons. The normalized spacial score (nSPS) is 31.3. The van der Waals surface area contributed by atoms with Gasteiger partial charge in [-0.25, -0.2) is 4.39 Å². The molecule has 3 aliphatic rings. The smallest absolute Gasteiger partial charge is 0.140 e. The predicted octanol–water partition coefficient (Wildman–Crippen LogP) is 3.33. The lowest BCUT2D eigenvalue weighted by Gasteiger charge is -2.47. The number of hydrogen-bond donors (Lipinski definition) is 1. The highest BCUT2D eigenvalue weighted by Gasteiger charge is 2.49. The second kappa shape index (κ2) is 6.22. The van der Waals surface area contributed by atoms with Crippen molar-refractivity contribution in [3.8, 4) is 0 Å². The lowest BCUT2D eigenvalue weighted by molar-refractivity contribution is 0.0399. The van der Waals surface area contributed by atoms with Crippen LogP contribution in [0.25, 0.3) is 0 Å². The Labute approximate surface area is 153 Å². The van der Waals surface area contributed by atoms with E-state index in [1.165, 1.54) is 30.4 Å². The second-order valence-electron chi connectivity index (χ2n) is 9.10. The van der Waals surface area contributed by atoms with Crippen molar-refractivity contribution >= 4 is 11.4 Å². The Morgan fingerprint density at radius 3 is 2.72 bits per heavy atom. The molecule has 0 aromatic heterocycles. The molecule has 138 valence electrons. The van der Waals surface area contributed by atoms with E-state index in [-0.39, 0.29) is 16.0 Å². The molecule has 0 amide bonds. The van der Waals surface area contributed by atoms with Crippen molar-refractivity contribution in [3.63, 3.8) is 0 Å². The molecule has 1 saturated heterocycles. The van der Waals surface area contributed by atoms with E-state index in [2.05, 4.69) is 4.90 Å². The van der Waals surface area contributed by atoms with Crippen LogP contribution >= 0.6 is 0 Å². The molecule has 0 bridgehead atoms. The van der Waals surface area contributed by atoms with Gasteiger partial charge in [-0.05, 0) is 87.6 Å². The predicted molar refractivity (Wildman–Crippen MR) is 100 cm³/mol. The molecule has 1 heterocycles. The van der Waals surface area contributed by atoms with E-state index in [1.807, 2.05) is 19.9 Å². The van der Waals surface area contributed by atoms with E-state index < -0.39 is 11.4 Å². The molecule has 2 fully saturated rings. The summed E-state index contributed by atoms with van der Waals surface area (Å²) >= 11 is -1.32. The first-order chi connectivity index (χ1) is 11.8. The van der Waals surface area contributed by atoms with E-state index in [9.17, 15) is 8.94 Å². The van der Waals surface area contributed by atoms with Crippen LogP contribution in [-0.4, -0.2) is 32.8 Å². The van der Waals surface area contributed by atoms with Gasteiger partial charge in [-0.15, -0.1) is 0 Å². The van der Waals surface area contributed by atoms with Crippen molar-refractivity contribution in [2.45, 2.75) is 75.6 Å². The maximum atomic E-state index is 13.6. The van der Waals surface area contributed by atoms with E-state index in [0.29, 0.717) is 12.1 Å². The summed E-state index contributed by atoms with van der Waals surface area (Å²) < 4.78 is 25.2. The molecule has 2 aliphatic carbocycles. The maximum Gasteiger partial charge on any atom is 0.140 e. The van der Waals surface area contributed by atoms with Crippen molar-refractivity contribution in [2.24, 2.45) is 10.6 Å². The molecule has 25 heavy (non-hydrogen) atoms. The largest absolute Gasteiger partial charge is 0.598 e. The molecule has 1 spiro atoms. The van der Waals surface area contributed by atoms with Crippen molar-refractivity contribution in [1.82, 2.24) is 4.90 Å². The van der Waals surface area contributed by atoms with Gasteiger partial charge in [-0.1, -0.05) is 6.07 Å². The van der Waals surface area contributed by atoms with Crippen molar-refractivity contribution in [2.75, 3.05) is 6.54 Å². The minimum Gasteiger partial charge on any atom is -0.598 e. The number of halogens is 1. The van der Waals surface area contributed by atoms with Crippen LogP contribution in [0.1, 0.15) is 57.1 Å². The van der Waals surface area contributed by atoms with Crippen LogP contribution in [0.15, 0.2) is 18.2 Å². The zero-order valence-corrected chi connectivity index (χ0v) is 16.1. The average Bonchev–Trinajstić information content (AvgIpc) is 3.29. The third-order valence-electron chi connectivity index (χ3n) is 6.62. The summed E-state index contributed by atoms with van der Waals surface area (Å²) in [6, 6.07) is 6.44. The fourth-order valence-electron chi connectivity index (χ4n) is 5.12. The van der Waals surface area contributed by atoms with Gasteiger partial charge in [0.15, 0.2) is 0 Å². The van der Waals surface area contributed by atoms with Crippen LogP contribution < -0.4 is 5.14 Å². The Morgan fingerprint density at radius 2 is 2.04 bits per heavy atom. The van der Waals surface area contributed by atoms with Gasteiger partial charge in [0.25, 0.3) is 0 Å². The number of benzene rings is 1. The highest BCUT2D eigenvalue weighted by atomic mass is 32.2. The van der Waals surface area contributed by atoms with Gasteiger partial charge in [0, 0.05) is 29.9 Å². The van der Waals surface area contributed by atoms with E-state index in [0.717, 1.165) is 32.2 Å². The van der Waals surface area contributed by atoms with E-state index in [4.69, 9.17) is 5.14 Å². The number of nitrogens with two attached hydrogens (primary N) is 1. The second-order valence-corrected chi connectivity index (χ2v) is 10.8. The topological polar surface area (TPSA) is 52.3 Å². The van der Waals surface area contributed by atoms with Crippen LogP contribution in [0.2, 0.25) is 0 Å². The van der Waals surface area contributed by atoms with Gasteiger partial charge >= 0.3 is 0 Å². The molecule has 3 atom stereocenters. The van der Waals surface area contributed by atoms with Crippen molar-refractivity contribution in [1.29, 1.82) is 0 Å². The van der Waals surface area contributed by atoms with Crippen LogP contribution in [0.5, 0.6) is 0 Å². The number of nitrogens with zero attached hydrogens (tertiary/aromatic N) is 1. The number of piperidine rings is 1. The maximum absolute atomic E-state index is 13.6. The molecule has 1 aliphatic heterocycles.